The highest BCUT2D eigenvalue weighted by atomic mass is 16.3. The predicted octanol–water partition coefficient (Wildman–Crippen LogP) is 1.01. The standard InChI is InChI=1S/C12H19N3O/c13-12-10(4-3-6-14-12)8-15-7-2-1-5-11(15)9-16/h3-4,6,11,16H,1-2,5,7-9H2,(H2,13,14). The lowest BCUT2D eigenvalue weighted by Gasteiger charge is -2.34. The number of aromatic nitrogens is 1. The van der Waals surface area contributed by atoms with Crippen LogP contribution >= 0.6 is 0 Å². The van der Waals surface area contributed by atoms with Gasteiger partial charge >= 0.3 is 0 Å². The van der Waals surface area contributed by atoms with E-state index in [9.17, 15) is 5.11 Å². The van der Waals surface area contributed by atoms with Crippen LogP contribution in [0.3, 0.4) is 0 Å². The smallest absolute Gasteiger partial charge is 0.127 e. The first kappa shape index (κ1) is 11.4. The maximum Gasteiger partial charge on any atom is 0.127 e. The molecular formula is C12H19N3O. The molecule has 4 nitrogen and oxygen atoms in total. The number of anilines is 1. The number of nitrogens with two attached hydrogens (primary N) is 1. The van der Waals surface area contributed by atoms with Crippen molar-refractivity contribution in [3.63, 3.8) is 0 Å². The van der Waals surface area contributed by atoms with Gasteiger partial charge in [-0.05, 0) is 25.5 Å². The molecule has 1 aliphatic rings. The SMILES string of the molecule is Nc1ncccc1CN1CCCCC1CO. The van der Waals surface area contributed by atoms with E-state index < -0.39 is 0 Å². The third kappa shape index (κ3) is 2.51. The summed E-state index contributed by atoms with van der Waals surface area (Å²) in [5.41, 5.74) is 6.88. The van der Waals surface area contributed by atoms with Crippen molar-refractivity contribution < 1.29 is 5.11 Å². The number of rotatable bonds is 3. The van der Waals surface area contributed by atoms with Gasteiger partial charge in [0.05, 0.1) is 6.61 Å². The molecule has 3 N–H and O–H groups in total. The van der Waals surface area contributed by atoms with Crippen LogP contribution in [0.4, 0.5) is 5.82 Å². The molecule has 1 aromatic heterocycles. The van der Waals surface area contributed by atoms with Gasteiger partial charge in [-0.1, -0.05) is 12.5 Å². The number of hydrogen-bond donors (Lipinski definition) is 2. The van der Waals surface area contributed by atoms with Gasteiger partial charge in [-0.2, -0.15) is 0 Å². The van der Waals surface area contributed by atoms with Crippen LogP contribution in [-0.2, 0) is 6.54 Å². The molecule has 0 aromatic carbocycles. The fourth-order valence-electron chi connectivity index (χ4n) is 2.28. The zero-order valence-electron chi connectivity index (χ0n) is 9.47. The van der Waals surface area contributed by atoms with Gasteiger partial charge in [0.25, 0.3) is 0 Å². The third-order valence-corrected chi connectivity index (χ3v) is 3.26. The van der Waals surface area contributed by atoms with Crippen molar-refractivity contribution in [2.24, 2.45) is 0 Å². The summed E-state index contributed by atoms with van der Waals surface area (Å²) in [6, 6.07) is 4.20. The molecule has 1 unspecified atom stereocenters. The van der Waals surface area contributed by atoms with Crippen LogP contribution in [0.15, 0.2) is 18.3 Å². The average Bonchev–Trinajstić information content (AvgIpc) is 2.33. The van der Waals surface area contributed by atoms with Crippen molar-refractivity contribution in [1.82, 2.24) is 9.88 Å². The summed E-state index contributed by atoms with van der Waals surface area (Å²) >= 11 is 0. The zero-order valence-corrected chi connectivity index (χ0v) is 9.47. The Morgan fingerprint density at radius 2 is 2.38 bits per heavy atom. The lowest BCUT2D eigenvalue weighted by Crippen LogP contribution is -2.41. The van der Waals surface area contributed by atoms with E-state index in [4.69, 9.17) is 5.73 Å². The second-order valence-electron chi connectivity index (χ2n) is 4.35. The van der Waals surface area contributed by atoms with Crippen LogP contribution < -0.4 is 5.73 Å². The summed E-state index contributed by atoms with van der Waals surface area (Å²) in [7, 11) is 0. The van der Waals surface area contributed by atoms with E-state index in [0.717, 1.165) is 25.1 Å². The highest BCUT2D eigenvalue weighted by molar-refractivity contribution is 5.38. The fourth-order valence-corrected chi connectivity index (χ4v) is 2.28. The molecule has 0 bridgehead atoms. The second-order valence-corrected chi connectivity index (χ2v) is 4.35. The van der Waals surface area contributed by atoms with E-state index in [1.165, 1.54) is 12.8 Å². The van der Waals surface area contributed by atoms with Crippen molar-refractivity contribution in [3.8, 4) is 0 Å². The lowest BCUT2D eigenvalue weighted by atomic mass is 10.0. The Morgan fingerprint density at radius 3 is 3.12 bits per heavy atom. The van der Waals surface area contributed by atoms with Crippen LogP contribution in [0.2, 0.25) is 0 Å². The quantitative estimate of drug-likeness (QED) is 0.799. The van der Waals surface area contributed by atoms with Gasteiger partial charge in [-0.15, -0.1) is 0 Å². The Labute approximate surface area is 96.1 Å². The zero-order chi connectivity index (χ0) is 11.4. The monoisotopic (exact) mass is 221 g/mol. The van der Waals surface area contributed by atoms with Crippen LogP contribution in [0.1, 0.15) is 24.8 Å². The van der Waals surface area contributed by atoms with Crippen molar-refractivity contribution in [2.75, 3.05) is 18.9 Å². The van der Waals surface area contributed by atoms with Crippen molar-refractivity contribution >= 4 is 5.82 Å². The lowest BCUT2D eigenvalue weighted by molar-refractivity contribution is 0.0842. The molecular weight excluding hydrogens is 202 g/mol. The molecule has 2 rings (SSSR count). The van der Waals surface area contributed by atoms with Crippen LogP contribution in [0.25, 0.3) is 0 Å². The summed E-state index contributed by atoms with van der Waals surface area (Å²) in [4.78, 5) is 6.39. The Balaban J connectivity index is 2.05. The molecule has 1 atom stereocenters. The minimum atomic E-state index is 0.236. The maximum atomic E-state index is 9.32. The molecule has 0 amide bonds. The van der Waals surface area contributed by atoms with Crippen LogP contribution in [-0.4, -0.2) is 34.2 Å². The molecule has 1 aliphatic heterocycles. The van der Waals surface area contributed by atoms with Gasteiger partial charge in [-0.3, -0.25) is 4.90 Å². The summed E-state index contributed by atoms with van der Waals surface area (Å²) in [5.74, 6) is 0.602. The van der Waals surface area contributed by atoms with Gasteiger partial charge in [0, 0.05) is 24.3 Å². The Morgan fingerprint density at radius 1 is 1.50 bits per heavy atom. The molecule has 0 saturated carbocycles. The topological polar surface area (TPSA) is 62.4 Å². The molecule has 0 spiro atoms. The van der Waals surface area contributed by atoms with Crippen LogP contribution in [0.5, 0.6) is 0 Å². The summed E-state index contributed by atoms with van der Waals surface area (Å²) in [6.45, 7) is 2.07. The molecule has 16 heavy (non-hydrogen) atoms. The van der Waals surface area contributed by atoms with E-state index in [1.807, 2.05) is 12.1 Å². The molecule has 1 fully saturated rings. The Kier molecular flexibility index (Phi) is 3.74. The van der Waals surface area contributed by atoms with Gasteiger partial charge in [0.15, 0.2) is 0 Å². The highest BCUT2D eigenvalue weighted by Gasteiger charge is 2.22. The minimum Gasteiger partial charge on any atom is -0.395 e. The van der Waals surface area contributed by atoms with Gasteiger partial charge in [0.2, 0.25) is 0 Å². The number of hydrogen-bond acceptors (Lipinski definition) is 4. The molecule has 1 saturated heterocycles. The molecule has 88 valence electrons. The fraction of sp³-hybridized carbons (Fsp3) is 0.583. The number of piperidine rings is 1. The van der Waals surface area contributed by atoms with E-state index >= 15 is 0 Å². The van der Waals surface area contributed by atoms with Crippen molar-refractivity contribution in [2.45, 2.75) is 31.8 Å². The van der Waals surface area contributed by atoms with Gasteiger partial charge < -0.3 is 10.8 Å². The summed E-state index contributed by atoms with van der Waals surface area (Å²) in [5, 5.41) is 9.32. The van der Waals surface area contributed by atoms with E-state index in [-0.39, 0.29) is 12.6 Å². The van der Waals surface area contributed by atoms with Gasteiger partial charge in [-0.25, -0.2) is 4.98 Å². The Hall–Kier alpha value is -1.13. The average molecular weight is 221 g/mol. The van der Waals surface area contributed by atoms with E-state index in [2.05, 4.69) is 9.88 Å². The first-order valence-electron chi connectivity index (χ1n) is 5.85. The van der Waals surface area contributed by atoms with Crippen LogP contribution in [0, 0.1) is 0 Å². The summed E-state index contributed by atoms with van der Waals surface area (Å²) < 4.78 is 0. The number of pyridine rings is 1. The maximum absolute atomic E-state index is 9.32. The van der Waals surface area contributed by atoms with Crippen molar-refractivity contribution in [3.05, 3.63) is 23.9 Å². The molecule has 2 heterocycles. The van der Waals surface area contributed by atoms with Gasteiger partial charge in [0.1, 0.15) is 5.82 Å². The number of aliphatic hydroxyl groups excluding tert-OH is 1. The highest BCUT2D eigenvalue weighted by Crippen LogP contribution is 2.20. The second kappa shape index (κ2) is 5.27. The largest absolute Gasteiger partial charge is 0.395 e. The molecule has 1 aromatic rings. The number of aliphatic hydroxyl groups is 1. The van der Waals surface area contributed by atoms with Crippen molar-refractivity contribution in [1.29, 1.82) is 0 Å². The number of likely N-dealkylation sites (tertiary alicyclic amines) is 1. The first-order valence-corrected chi connectivity index (χ1v) is 5.85. The minimum absolute atomic E-state index is 0.236. The number of nitrogen functional groups attached to an aromatic ring is 1. The first-order chi connectivity index (χ1) is 7.81. The van der Waals surface area contributed by atoms with E-state index in [1.54, 1.807) is 6.20 Å². The molecule has 4 heteroatoms. The van der Waals surface area contributed by atoms with E-state index in [0.29, 0.717) is 5.82 Å². The normalized spacial score (nSPS) is 22.2. The predicted molar refractivity (Wildman–Crippen MR) is 63.8 cm³/mol. The summed E-state index contributed by atoms with van der Waals surface area (Å²) in [6.07, 6.45) is 5.20. The number of nitrogens with zero attached hydrogens (tertiary/aromatic N) is 2. The molecule has 0 radical (unpaired) electrons. The third-order valence-electron chi connectivity index (χ3n) is 3.26. The Bertz CT molecular complexity index is 343. The molecule has 0 aliphatic carbocycles.